The number of nitrogens with zero attached hydrogens (tertiary/aromatic N) is 2. The summed E-state index contributed by atoms with van der Waals surface area (Å²) >= 11 is 0. The quantitative estimate of drug-likeness (QED) is 0.470. The third kappa shape index (κ3) is 3.27. The second-order valence-corrected chi connectivity index (χ2v) is 5.38. The Kier molecular flexibility index (Phi) is 3.95. The largest absolute Gasteiger partial charge is 0.427 e. The van der Waals surface area contributed by atoms with E-state index >= 15 is 0 Å². The fraction of sp³-hybridized carbons (Fsp3) is 0.353. The van der Waals surface area contributed by atoms with Crippen LogP contribution in [0.15, 0.2) is 58.3 Å². The van der Waals surface area contributed by atoms with E-state index in [2.05, 4.69) is 28.5 Å². The van der Waals surface area contributed by atoms with Gasteiger partial charge in [-0.25, -0.2) is 0 Å². The van der Waals surface area contributed by atoms with Crippen molar-refractivity contribution in [2.75, 3.05) is 6.54 Å². The van der Waals surface area contributed by atoms with Gasteiger partial charge in [0.05, 0.1) is 12.6 Å². The summed E-state index contributed by atoms with van der Waals surface area (Å²) in [6.45, 7) is 2.05. The maximum absolute atomic E-state index is 11.1. The number of fused-ring (bicyclic) bond motifs is 1. The summed E-state index contributed by atoms with van der Waals surface area (Å²) in [5, 5.41) is 8.75. The van der Waals surface area contributed by atoms with Crippen LogP contribution < -0.4 is 4.74 Å². The molecule has 0 fully saturated rings. The summed E-state index contributed by atoms with van der Waals surface area (Å²) in [6, 6.07) is 7.87. The van der Waals surface area contributed by atoms with Gasteiger partial charge in [-0.3, -0.25) is 4.79 Å². The molecule has 0 amide bonds. The van der Waals surface area contributed by atoms with Gasteiger partial charge in [0.2, 0.25) is 0 Å². The molecule has 4 heteroatoms. The summed E-state index contributed by atoms with van der Waals surface area (Å²) in [5.74, 6) is 0.471. The summed E-state index contributed by atoms with van der Waals surface area (Å²) < 4.78 is 5.16. The standard InChI is InChI=1S/C17H18N2O2/c1-12(20)21-16-7-4-6-13(10-16)15-9-14-5-2-3-8-17(14)19-18-11-15/h2-4,6-7,9-10,15,17H,5,8,11H2,1H3. The van der Waals surface area contributed by atoms with Gasteiger partial charge in [-0.2, -0.15) is 10.2 Å². The molecule has 21 heavy (non-hydrogen) atoms. The predicted molar refractivity (Wildman–Crippen MR) is 80.5 cm³/mol. The molecule has 2 aliphatic rings. The van der Waals surface area contributed by atoms with Crippen molar-refractivity contribution < 1.29 is 9.53 Å². The van der Waals surface area contributed by atoms with Crippen molar-refractivity contribution in [1.29, 1.82) is 0 Å². The van der Waals surface area contributed by atoms with Crippen molar-refractivity contribution in [1.82, 2.24) is 0 Å². The first-order valence-electron chi connectivity index (χ1n) is 7.23. The fourth-order valence-corrected chi connectivity index (χ4v) is 2.75. The van der Waals surface area contributed by atoms with Crippen LogP contribution in [0, 0.1) is 0 Å². The van der Waals surface area contributed by atoms with Gasteiger partial charge < -0.3 is 4.74 Å². The minimum atomic E-state index is -0.302. The molecule has 0 aromatic heterocycles. The van der Waals surface area contributed by atoms with E-state index in [1.165, 1.54) is 12.5 Å². The summed E-state index contributed by atoms with van der Waals surface area (Å²) in [6.07, 6.45) is 8.53. The Morgan fingerprint density at radius 1 is 1.33 bits per heavy atom. The molecule has 1 aliphatic heterocycles. The third-order valence-electron chi connectivity index (χ3n) is 3.77. The lowest BCUT2D eigenvalue weighted by Gasteiger charge is -2.17. The van der Waals surface area contributed by atoms with Gasteiger partial charge in [-0.1, -0.05) is 30.4 Å². The minimum Gasteiger partial charge on any atom is -0.427 e. The van der Waals surface area contributed by atoms with Crippen LogP contribution in [0.4, 0.5) is 0 Å². The van der Waals surface area contributed by atoms with Crippen molar-refractivity contribution in [3.63, 3.8) is 0 Å². The van der Waals surface area contributed by atoms with Crippen LogP contribution in [-0.4, -0.2) is 18.6 Å². The van der Waals surface area contributed by atoms with Crippen molar-refractivity contribution in [3.05, 3.63) is 53.6 Å². The zero-order chi connectivity index (χ0) is 14.7. The molecule has 1 aliphatic carbocycles. The van der Waals surface area contributed by atoms with Crippen molar-refractivity contribution in [2.24, 2.45) is 10.2 Å². The van der Waals surface area contributed by atoms with E-state index in [0.29, 0.717) is 12.3 Å². The number of hydrogen-bond donors (Lipinski definition) is 0. The summed E-state index contributed by atoms with van der Waals surface area (Å²) in [7, 11) is 0. The molecule has 1 aromatic rings. The summed E-state index contributed by atoms with van der Waals surface area (Å²) in [5.41, 5.74) is 2.44. The van der Waals surface area contributed by atoms with Gasteiger partial charge in [-0.15, -0.1) is 0 Å². The van der Waals surface area contributed by atoms with Crippen LogP contribution in [0.2, 0.25) is 0 Å². The zero-order valence-electron chi connectivity index (χ0n) is 12.0. The van der Waals surface area contributed by atoms with Crippen LogP contribution in [0.1, 0.15) is 31.2 Å². The van der Waals surface area contributed by atoms with E-state index in [9.17, 15) is 4.79 Å². The normalized spacial score (nSPS) is 24.0. The number of allylic oxidation sites excluding steroid dienone is 1. The molecular weight excluding hydrogens is 264 g/mol. The van der Waals surface area contributed by atoms with Gasteiger partial charge in [0, 0.05) is 12.8 Å². The molecule has 1 aromatic carbocycles. The van der Waals surface area contributed by atoms with Crippen LogP contribution in [0.3, 0.4) is 0 Å². The molecule has 2 unspecified atom stereocenters. The second-order valence-electron chi connectivity index (χ2n) is 5.38. The van der Waals surface area contributed by atoms with Crippen molar-refractivity contribution in [3.8, 4) is 5.75 Å². The molecule has 0 saturated heterocycles. The first kappa shape index (κ1) is 13.7. The molecule has 0 N–H and O–H groups in total. The molecule has 108 valence electrons. The molecule has 4 nitrogen and oxygen atoms in total. The number of benzene rings is 1. The number of hydrogen-bond acceptors (Lipinski definition) is 4. The number of carbonyl (C=O) groups is 1. The van der Waals surface area contributed by atoms with Crippen molar-refractivity contribution in [2.45, 2.75) is 31.7 Å². The smallest absolute Gasteiger partial charge is 0.308 e. The molecule has 0 spiro atoms. The Morgan fingerprint density at radius 3 is 3.10 bits per heavy atom. The average molecular weight is 282 g/mol. The van der Waals surface area contributed by atoms with Crippen LogP contribution in [-0.2, 0) is 4.79 Å². The predicted octanol–water partition coefficient (Wildman–Crippen LogP) is 3.81. The lowest BCUT2D eigenvalue weighted by Crippen LogP contribution is -2.09. The Morgan fingerprint density at radius 2 is 2.24 bits per heavy atom. The van der Waals surface area contributed by atoms with E-state index in [1.54, 1.807) is 6.07 Å². The van der Waals surface area contributed by atoms with Gasteiger partial charge >= 0.3 is 5.97 Å². The molecule has 2 atom stereocenters. The Bertz CT molecular complexity index is 631. The Labute approximate surface area is 124 Å². The first-order chi connectivity index (χ1) is 10.2. The number of esters is 1. The minimum absolute atomic E-state index is 0.191. The van der Waals surface area contributed by atoms with E-state index in [-0.39, 0.29) is 17.9 Å². The molecule has 3 rings (SSSR count). The van der Waals surface area contributed by atoms with Gasteiger partial charge in [0.25, 0.3) is 0 Å². The lowest BCUT2D eigenvalue weighted by molar-refractivity contribution is -0.131. The second kappa shape index (κ2) is 6.04. The van der Waals surface area contributed by atoms with Crippen LogP contribution in [0.5, 0.6) is 5.75 Å². The van der Waals surface area contributed by atoms with E-state index in [0.717, 1.165) is 18.4 Å². The van der Waals surface area contributed by atoms with Crippen LogP contribution >= 0.6 is 0 Å². The van der Waals surface area contributed by atoms with Gasteiger partial charge in [-0.05, 0) is 36.1 Å². The SMILES string of the molecule is CC(=O)Oc1cccc(C2C=C3CC=CCC3N=NC2)c1. The van der Waals surface area contributed by atoms with Crippen molar-refractivity contribution >= 4 is 5.97 Å². The number of ether oxygens (including phenoxy) is 1. The van der Waals surface area contributed by atoms with E-state index < -0.39 is 0 Å². The summed E-state index contributed by atoms with van der Waals surface area (Å²) in [4.78, 5) is 11.1. The average Bonchev–Trinajstić information content (AvgIpc) is 2.69. The van der Waals surface area contributed by atoms with Gasteiger partial charge in [0.1, 0.15) is 5.75 Å². The highest BCUT2D eigenvalue weighted by molar-refractivity contribution is 5.69. The maximum atomic E-state index is 11.1. The maximum Gasteiger partial charge on any atom is 0.308 e. The topological polar surface area (TPSA) is 51.0 Å². The van der Waals surface area contributed by atoms with E-state index in [4.69, 9.17) is 4.74 Å². The highest BCUT2D eigenvalue weighted by atomic mass is 16.5. The van der Waals surface area contributed by atoms with Gasteiger partial charge in [0.15, 0.2) is 0 Å². The number of rotatable bonds is 2. The highest BCUT2D eigenvalue weighted by Gasteiger charge is 2.21. The van der Waals surface area contributed by atoms with Crippen LogP contribution in [0.25, 0.3) is 0 Å². The molecule has 0 saturated carbocycles. The molecule has 0 bridgehead atoms. The fourth-order valence-electron chi connectivity index (χ4n) is 2.75. The Hall–Kier alpha value is -2.23. The third-order valence-corrected chi connectivity index (χ3v) is 3.77. The number of azo groups is 1. The Balaban J connectivity index is 1.87. The molecular formula is C17H18N2O2. The number of carbonyl (C=O) groups excluding carboxylic acids is 1. The monoisotopic (exact) mass is 282 g/mol. The van der Waals surface area contributed by atoms with E-state index in [1.807, 2.05) is 18.2 Å². The molecule has 0 radical (unpaired) electrons. The first-order valence-corrected chi connectivity index (χ1v) is 7.23. The highest BCUT2D eigenvalue weighted by Crippen LogP contribution is 2.31. The molecule has 1 heterocycles. The lowest BCUT2D eigenvalue weighted by atomic mass is 9.90. The zero-order valence-corrected chi connectivity index (χ0v) is 12.0.